The van der Waals surface area contributed by atoms with Crippen molar-refractivity contribution in [2.75, 3.05) is 0 Å². The molecule has 0 unspecified atom stereocenters. The molecule has 1 heterocycles. The number of carbonyl (C=O) groups is 1. The van der Waals surface area contributed by atoms with Crippen LogP contribution in [0.4, 0.5) is 0 Å². The van der Waals surface area contributed by atoms with Crippen LogP contribution in [0.15, 0.2) is 24.3 Å². The second-order valence-corrected chi connectivity index (χ2v) is 4.90. The van der Waals surface area contributed by atoms with Crippen molar-refractivity contribution in [2.45, 2.75) is 20.0 Å². The van der Waals surface area contributed by atoms with E-state index >= 15 is 0 Å². The maximum absolute atomic E-state index is 12.1. The molecule has 0 aliphatic heterocycles. The lowest BCUT2D eigenvalue weighted by Crippen LogP contribution is -2.04. The maximum atomic E-state index is 12.1. The summed E-state index contributed by atoms with van der Waals surface area (Å²) < 4.78 is 5.45. The standard InChI is InChI=1S/C13H12Cl2N4O2/c1-3-7(2)13(20)8-4-5-9(12(15)11(8)14)21-6-10-16-18-19-17-10/h4-5H,2-3,6H2,1H3,(H,16,17,18,19). The summed E-state index contributed by atoms with van der Waals surface area (Å²) in [6, 6.07) is 3.13. The highest BCUT2D eigenvalue weighted by Crippen LogP contribution is 2.36. The van der Waals surface area contributed by atoms with Crippen LogP contribution in [0.2, 0.25) is 10.0 Å². The zero-order valence-electron chi connectivity index (χ0n) is 11.2. The number of H-pyrrole nitrogens is 1. The van der Waals surface area contributed by atoms with E-state index in [0.717, 1.165) is 0 Å². The number of nitrogens with zero attached hydrogens (tertiary/aromatic N) is 3. The molecule has 0 aliphatic rings. The van der Waals surface area contributed by atoms with Crippen molar-refractivity contribution in [2.24, 2.45) is 0 Å². The third kappa shape index (κ3) is 3.40. The summed E-state index contributed by atoms with van der Waals surface area (Å²) in [5, 5.41) is 13.5. The fourth-order valence-electron chi connectivity index (χ4n) is 1.56. The van der Waals surface area contributed by atoms with Crippen molar-refractivity contribution in [3.8, 4) is 5.75 Å². The molecule has 2 rings (SSSR count). The molecule has 0 radical (unpaired) electrons. The van der Waals surface area contributed by atoms with Gasteiger partial charge in [0.25, 0.3) is 0 Å². The number of tetrazole rings is 1. The summed E-state index contributed by atoms with van der Waals surface area (Å²) in [7, 11) is 0. The van der Waals surface area contributed by atoms with E-state index in [9.17, 15) is 4.79 Å². The molecule has 0 atom stereocenters. The predicted octanol–water partition coefficient (Wildman–Crippen LogP) is 3.23. The number of hydrogen-bond donors (Lipinski definition) is 1. The number of ketones is 1. The molecule has 110 valence electrons. The first kappa shape index (κ1) is 15.5. The summed E-state index contributed by atoms with van der Waals surface area (Å²) in [5.41, 5.74) is 0.772. The Kier molecular flexibility index (Phi) is 4.93. The van der Waals surface area contributed by atoms with Crippen LogP contribution in [0, 0.1) is 0 Å². The zero-order chi connectivity index (χ0) is 15.4. The Bertz CT molecular complexity index is 671. The summed E-state index contributed by atoms with van der Waals surface area (Å²) >= 11 is 12.3. The highest BCUT2D eigenvalue weighted by molar-refractivity contribution is 6.45. The third-order valence-corrected chi connectivity index (χ3v) is 3.65. The van der Waals surface area contributed by atoms with Crippen molar-refractivity contribution in [3.05, 3.63) is 45.7 Å². The monoisotopic (exact) mass is 326 g/mol. The second-order valence-electron chi connectivity index (χ2n) is 4.14. The summed E-state index contributed by atoms with van der Waals surface area (Å²) in [4.78, 5) is 12.1. The van der Waals surface area contributed by atoms with Crippen LogP contribution < -0.4 is 4.74 Å². The topological polar surface area (TPSA) is 80.8 Å². The lowest BCUT2D eigenvalue weighted by molar-refractivity contribution is 0.103. The molecule has 1 aromatic heterocycles. The van der Waals surface area contributed by atoms with E-state index in [2.05, 4.69) is 27.2 Å². The molecular weight excluding hydrogens is 315 g/mol. The largest absolute Gasteiger partial charge is 0.484 e. The van der Waals surface area contributed by atoms with E-state index in [0.29, 0.717) is 29.1 Å². The molecule has 2 aromatic rings. The minimum Gasteiger partial charge on any atom is -0.484 e. The Morgan fingerprint density at radius 1 is 1.38 bits per heavy atom. The van der Waals surface area contributed by atoms with Gasteiger partial charge in [-0.25, -0.2) is 0 Å². The summed E-state index contributed by atoms with van der Waals surface area (Å²) in [5.74, 6) is 0.487. The second kappa shape index (κ2) is 6.69. The number of allylic oxidation sites excluding steroid dienone is 1. The van der Waals surface area contributed by atoms with Crippen LogP contribution in [-0.4, -0.2) is 26.4 Å². The molecule has 1 N–H and O–H groups in total. The van der Waals surface area contributed by atoms with Gasteiger partial charge in [0.15, 0.2) is 12.4 Å². The molecule has 21 heavy (non-hydrogen) atoms. The van der Waals surface area contributed by atoms with Gasteiger partial charge in [-0.2, -0.15) is 5.21 Å². The highest BCUT2D eigenvalue weighted by atomic mass is 35.5. The summed E-state index contributed by atoms with van der Waals surface area (Å²) in [6.07, 6.45) is 0.545. The molecule has 0 saturated carbocycles. The maximum Gasteiger partial charge on any atom is 0.211 e. The summed E-state index contributed by atoms with van der Waals surface area (Å²) in [6.45, 7) is 5.63. The molecule has 6 nitrogen and oxygen atoms in total. The fraction of sp³-hybridized carbons (Fsp3) is 0.231. The molecule has 1 aromatic carbocycles. The lowest BCUT2D eigenvalue weighted by atomic mass is 10.0. The Balaban J connectivity index is 2.21. The van der Waals surface area contributed by atoms with Crippen molar-refractivity contribution >= 4 is 29.0 Å². The molecule has 0 bridgehead atoms. The van der Waals surface area contributed by atoms with E-state index in [4.69, 9.17) is 27.9 Å². The number of aromatic amines is 1. The number of ether oxygens (including phenoxy) is 1. The van der Waals surface area contributed by atoms with Gasteiger partial charge in [0, 0.05) is 5.56 Å². The number of rotatable bonds is 6. The minimum absolute atomic E-state index is 0.0848. The molecule has 0 aliphatic carbocycles. The number of Topliss-reactive ketones (excluding diaryl/α,β-unsaturated/α-hetero) is 1. The van der Waals surface area contributed by atoms with Crippen LogP contribution in [-0.2, 0) is 6.61 Å². The predicted molar refractivity (Wildman–Crippen MR) is 78.7 cm³/mol. The number of nitrogens with one attached hydrogen (secondary N) is 1. The Hall–Kier alpha value is -1.92. The van der Waals surface area contributed by atoms with Gasteiger partial charge in [0.05, 0.1) is 5.02 Å². The van der Waals surface area contributed by atoms with Crippen LogP contribution in [0.1, 0.15) is 29.5 Å². The van der Waals surface area contributed by atoms with E-state index in [-0.39, 0.29) is 22.4 Å². The molecule has 0 amide bonds. The van der Waals surface area contributed by atoms with Gasteiger partial charge in [0.1, 0.15) is 10.8 Å². The molecule has 0 spiro atoms. The highest BCUT2D eigenvalue weighted by Gasteiger charge is 2.18. The van der Waals surface area contributed by atoms with Gasteiger partial charge >= 0.3 is 0 Å². The first-order valence-corrected chi connectivity index (χ1v) is 6.85. The Labute approximate surface area is 131 Å². The van der Waals surface area contributed by atoms with E-state index < -0.39 is 0 Å². The Morgan fingerprint density at radius 3 is 2.76 bits per heavy atom. The first-order chi connectivity index (χ1) is 10.0. The molecule has 0 fully saturated rings. The molecular formula is C13H12Cl2N4O2. The van der Waals surface area contributed by atoms with Gasteiger partial charge in [-0.1, -0.05) is 41.9 Å². The van der Waals surface area contributed by atoms with Gasteiger partial charge in [0.2, 0.25) is 5.82 Å². The smallest absolute Gasteiger partial charge is 0.211 e. The number of halogens is 2. The third-order valence-electron chi connectivity index (χ3n) is 2.79. The average molecular weight is 327 g/mol. The molecule has 8 heteroatoms. The van der Waals surface area contributed by atoms with Gasteiger partial charge in [-0.15, -0.1) is 10.2 Å². The molecule has 0 saturated heterocycles. The van der Waals surface area contributed by atoms with E-state index in [1.165, 1.54) is 0 Å². The number of benzene rings is 1. The normalized spacial score (nSPS) is 10.4. The zero-order valence-corrected chi connectivity index (χ0v) is 12.7. The van der Waals surface area contributed by atoms with Crippen LogP contribution in [0.5, 0.6) is 5.75 Å². The number of carbonyl (C=O) groups excluding carboxylic acids is 1. The van der Waals surface area contributed by atoms with Gasteiger partial charge < -0.3 is 4.74 Å². The van der Waals surface area contributed by atoms with E-state index in [1.807, 2.05) is 6.92 Å². The first-order valence-electron chi connectivity index (χ1n) is 6.10. The number of hydrogen-bond acceptors (Lipinski definition) is 5. The fourth-order valence-corrected chi connectivity index (χ4v) is 2.02. The van der Waals surface area contributed by atoms with Crippen molar-refractivity contribution in [1.82, 2.24) is 20.6 Å². The van der Waals surface area contributed by atoms with Crippen molar-refractivity contribution < 1.29 is 9.53 Å². The van der Waals surface area contributed by atoms with Crippen LogP contribution in [0.25, 0.3) is 0 Å². The SMILES string of the molecule is C=C(CC)C(=O)c1ccc(OCc2nn[nH]n2)c(Cl)c1Cl. The van der Waals surface area contributed by atoms with Crippen LogP contribution in [0.3, 0.4) is 0 Å². The van der Waals surface area contributed by atoms with Crippen molar-refractivity contribution in [1.29, 1.82) is 0 Å². The lowest BCUT2D eigenvalue weighted by Gasteiger charge is -2.11. The van der Waals surface area contributed by atoms with E-state index in [1.54, 1.807) is 12.1 Å². The number of aromatic nitrogens is 4. The minimum atomic E-state index is -0.228. The average Bonchev–Trinajstić information content (AvgIpc) is 3.00. The van der Waals surface area contributed by atoms with Crippen LogP contribution >= 0.6 is 23.2 Å². The Morgan fingerprint density at radius 2 is 2.14 bits per heavy atom. The van der Waals surface area contributed by atoms with Gasteiger partial charge in [-0.05, 0) is 24.1 Å². The quantitative estimate of drug-likeness (QED) is 0.651. The van der Waals surface area contributed by atoms with Crippen molar-refractivity contribution in [3.63, 3.8) is 0 Å². The van der Waals surface area contributed by atoms with Gasteiger partial charge in [-0.3, -0.25) is 4.79 Å².